The van der Waals surface area contributed by atoms with E-state index < -0.39 is 29.5 Å². The number of anilines is 1. The second-order valence-electron chi connectivity index (χ2n) is 6.16. The van der Waals surface area contributed by atoms with Crippen LogP contribution in [0.5, 0.6) is 0 Å². The Morgan fingerprint density at radius 3 is 1.93 bits per heavy atom. The Hall–Kier alpha value is -3.42. The fourth-order valence-electron chi connectivity index (χ4n) is 2.96. The number of carbonyl (C=O) groups is 1. The third-order valence-electron chi connectivity index (χ3n) is 4.33. The molecule has 0 radical (unpaired) electrons. The van der Waals surface area contributed by atoms with Crippen LogP contribution in [0.15, 0.2) is 64.0 Å². The van der Waals surface area contributed by atoms with Crippen LogP contribution in [0.2, 0.25) is 0 Å². The molecule has 1 amide bonds. The van der Waals surface area contributed by atoms with E-state index in [0.717, 1.165) is 19.3 Å². The average Bonchev–Trinajstić information content (AvgIpc) is 2.68. The standard InChI is InChI=1S/C20H24N4O4/c1-5-12-22-18(26)23(13-6-2)20(28)24(19(22)27)14-17(25)21(7-3)16-11-9-8-10-15(16)4/h5-6,8-11H,1-2,7,12-14H2,3-4H3. The van der Waals surface area contributed by atoms with Crippen LogP contribution in [0.1, 0.15) is 12.5 Å². The lowest BCUT2D eigenvalue weighted by atomic mass is 10.2. The van der Waals surface area contributed by atoms with Gasteiger partial charge in [-0.05, 0) is 25.5 Å². The quantitative estimate of drug-likeness (QED) is 0.633. The number of carbonyl (C=O) groups excluding carboxylic acids is 1. The molecule has 8 heteroatoms. The maximum absolute atomic E-state index is 12.9. The summed E-state index contributed by atoms with van der Waals surface area (Å²) in [6, 6.07) is 7.35. The van der Waals surface area contributed by atoms with Crippen LogP contribution in [-0.2, 0) is 24.4 Å². The zero-order chi connectivity index (χ0) is 20.8. The summed E-state index contributed by atoms with van der Waals surface area (Å²) in [5.74, 6) is -0.426. The van der Waals surface area contributed by atoms with Crippen molar-refractivity contribution in [3.05, 3.63) is 86.6 Å². The van der Waals surface area contributed by atoms with E-state index >= 15 is 0 Å². The third kappa shape index (κ3) is 3.95. The van der Waals surface area contributed by atoms with Crippen molar-refractivity contribution in [2.75, 3.05) is 11.4 Å². The molecule has 0 saturated heterocycles. The summed E-state index contributed by atoms with van der Waals surface area (Å²) in [5, 5.41) is 0. The van der Waals surface area contributed by atoms with Crippen molar-refractivity contribution >= 4 is 11.6 Å². The molecule has 2 rings (SSSR count). The van der Waals surface area contributed by atoms with Gasteiger partial charge in [-0.3, -0.25) is 4.79 Å². The van der Waals surface area contributed by atoms with Gasteiger partial charge in [0.25, 0.3) is 0 Å². The smallest absolute Gasteiger partial charge is 0.311 e. The molecular weight excluding hydrogens is 360 g/mol. The van der Waals surface area contributed by atoms with Crippen molar-refractivity contribution in [2.45, 2.75) is 33.5 Å². The molecule has 0 fully saturated rings. The van der Waals surface area contributed by atoms with Crippen LogP contribution in [0.4, 0.5) is 5.69 Å². The van der Waals surface area contributed by atoms with Gasteiger partial charge in [0.1, 0.15) is 6.54 Å². The summed E-state index contributed by atoms with van der Waals surface area (Å²) in [7, 11) is 0. The van der Waals surface area contributed by atoms with Gasteiger partial charge >= 0.3 is 17.1 Å². The topological polar surface area (TPSA) is 86.3 Å². The van der Waals surface area contributed by atoms with E-state index in [9.17, 15) is 19.2 Å². The Morgan fingerprint density at radius 2 is 1.46 bits per heavy atom. The molecule has 0 N–H and O–H groups in total. The van der Waals surface area contributed by atoms with Gasteiger partial charge in [0.15, 0.2) is 0 Å². The van der Waals surface area contributed by atoms with Gasteiger partial charge in [-0.2, -0.15) is 0 Å². The Balaban J connectivity index is 2.57. The molecule has 1 aromatic heterocycles. The average molecular weight is 384 g/mol. The monoisotopic (exact) mass is 384 g/mol. The number of aryl methyl sites for hydroxylation is 1. The van der Waals surface area contributed by atoms with Crippen LogP contribution in [0.25, 0.3) is 0 Å². The van der Waals surface area contributed by atoms with Gasteiger partial charge in [0.05, 0.1) is 13.1 Å². The van der Waals surface area contributed by atoms with Crippen molar-refractivity contribution < 1.29 is 4.79 Å². The second kappa shape index (κ2) is 8.98. The molecular formula is C20H24N4O4. The SMILES string of the molecule is C=CCn1c(=O)n(CC=C)c(=O)n(CC(=O)N(CC)c2ccccc2C)c1=O. The molecule has 0 unspecified atom stereocenters. The molecule has 0 aliphatic carbocycles. The number of hydrogen-bond acceptors (Lipinski definition) is 4. The third-order valence-corrected chi connectivity index (χ3v) is 4.33. The van der Waals surface area contributed by atoms with Crippen molar-refractivity contribution in [3.8, 4) is 0 Å². The van der Waals surface area contributed by atoms with Crippen molar-refractivity contribution in [1.82, 2.24) is 13.7 Å². The van der Waals surface area contributed by atoms with E-state index in [-0.39, 0.29) is 13.1 Å². The molecule has 0 aliphatic rings. The maximum Gasteiger partial charge on any atom is 0.337 e. The lowest BCUT2D eigenvalue weighted by Gasteiger charge is -2.23. The van der Waals surface area contributed by atoms with E-state index in [1.54, 1.807) is 6.07 Å². The Kier molecular flexibility index (Phi) is 6.70. The molecule has 148 valence electrons. The normalized spacial score (nSPS) is 10.5. The number of para-hydroxylation sites is 1. The minimum Gasteiger partial charge on any atom is -0.311 e. The minimum atomic E-state index is -0.843. The predicted molar refractivity (Wildman–Crippen MR) is 109 cm³/mol. The predicted octanol–water partition coefficient (Wildman–Crippen LogP) is 0.905. The van der Waals surface area contributed by atoms with Gasteiger partial charge in [0.2, 0.25) is 5.91 Å². The first-order valence-electron chi connectivity index (χ1n) is 8.89. The first-order valence-corrected chi connectivity index (χ1v) is 8.89. The summed E-state index contributed by atoms with van der Waals surface area (Å²) in [4.78, 5) is 52.2. The number of rotatable bonds is 8. The molecule has 8 nitrogen and oxygen atoms in total. The Morgan fingerprint density at radius 1 is 0.964 bits per heavy atom. The fourth-order valence-corrected chi connectivity index (χ4v) is 2.96. The number of hydrogen-bond donors (Lipinski definition) is 0. The zero-order valence-electron chi connectivity index (χ0n) is 16.1. The van der Waals surface area contributed by atoms with Crippen molar-refractivity contribution in [2.24, 2.45) is 0 Å². The number of amides is 1. The second-order valence-corrected chi connectivity index (χ2v) is 6.16. The van der Waals surface area contributed by atoms with E-state index in [4.69, 9.17) is 0 Å². The highest BCUT2D eigenvalue weighted by Crippen LogP contribution is 2.19. The highest BCUT2D eigenvalue weighted by atomic mass is 16.2. The first-order chi connectivity index (χ1) is 13.4. The van der Waals surface area contributed by atoms with E-state index in [0.29, 0.717) is 12.2 Å². The molecule has 0 aliphatic heterocycles. The van der Waals surface area contributed by atoms with E-state index in [2.05, 4.69) is 13.2 Å². The summed E-state index contributed by atoms with van der Waals surface area (Å²) < 4.78 is 2.52. The molecule has 1 heterocycles. The van der Waals surface area contributed by atoms with Gasteiger partial charge in [-0.25, -0.2) is 28.1 Å². The number of aromatic nitrogens is 3. The number of allylic oxidation sites excluding steroid dienone is 2. The molecule has 0 atom stereocenters. The van der Waals surface area contributed by atoms with Gasteiger partial charge < -0.3 is 4.90 Å². The first kappa shape index (κ1) is 20.9. The summed E-state index contributed by atoms with van der Waals surface area (Å²) in [5.41, 5.74) is -0.849. The van der Waals surface area contributed by atoms with Crippen molar-refractivity contribution in [1.29, 1.82) is 0 Å². The summed E-state index contributed by atoms with van der Waals surface area (Å²) in [6.45, 7) is 10.5. The van der Waals surface area contributed by atoms with Crippen LogP contribution < -0.4 is 22.0 Å². The molecule has 1 aromatic carbocycles. The molecule has 0 bridgehead atoms. The van der Waals surface area contributed by atoms with E-state index in [1.807, 2.05) is 32.0 Å². The number of likely N-dealkylation sites (N-methyl/N-ethyl adjacent to an activating group) is 1. The van der Waals surface area contributed by atoms with Crippen molar-refractivity contribution in [3.63, 3.8) is 0 Å². The fraction of sp³-hybridized carbons (Fsp3) is 0.300. The van der Waals surface area contributed by atoms with Crippen LogP contribution in [-0.4, -0.2) is 26.2 Å². The molecule has 0 spiro atoms. The lowest BCUT2D eigenvalue weighted by molar-refractivity contribution is -0.119. The number of nitrogens with zero attached hydrogens (tertiary/aromatic N) is 4. The molecule has 2 aromatic rings. The van der Waals surface area contributed by atoms with E-state index in [1.165, 1.54) is 17.1 Å². The van der Waals surface area contributed by atoms with Gasteiger partial charge in [-0.1, -0.05) is 30.4 Å². The lowest BCUT2D eigenvalue weighted by Crippen LogP contribution is -2.55. The van der Waals surface area contributed by atoms with Crippen LogP contribution in [0, 0.1) is 6.92 Å². The number of benzene rings is 1. The highest BCUT2D eigenvalue weighted by Gasteiger charge is 2.21. The summed E-state index contributed by atoms with van der Waals surface area (Å²) in [6.07, 6.45) is 2.76. The van der Waals surface area contributed by atoms with Gasteiger partial charge in [-0.15, -0.1) is 13.2 Å². The van der Waals surface area contributed by atoms with Crippen LogP contribution in [0.3, 0.4) is 0 Å². The molecule has 0 saturated carbocycles. The maximum atomic E-state index is 12.9. The Bertz CT molecular complexity index is 1030. The largest absolute Gasteiger partial charge is 0.337 e. The Labute approximate surface area is 162 Å². The zero-order valence-corrected chi connectivity index (χ0v) is 16.1. The van der Waals surface area contributed by atoms with Crippen LogP contribution >= 0.6 is 0 Å². The highest BCUT2D eigenvalue weighted by molar-refractivity contribution is 5.93. The summed E-state index contributed by atoms with van der Waals surface area (Å²) >= 11 is 0. The molecule has 28 heavy (non-hydrogen) atoms. The minimum absolute atomic E-state index is 0.0709. The van der Waals surface area contributed by atoms with Gasteiger partial charge in [0, 0.05) is 12.2 Å².